The summed E-state index contributed by atoms with van der Waals surface area (Å²) >= 11 is 0. The Morgan fingerprint density at radius 3 is 3.06 bits per heavy atom. The Morgan fingerprint density at radius 1 is 1.50 bits per heavy atom. The van der Waals surface area contributed by atoms with E-state index in [9.17, 15) is 4.39 Å². The van der Waals surface area contributed by atoms with Crippen LogP contribution in [0.1, 0.15) is 11.7 Å². The molecule has 16 heavy (non-hydrogen) atoms. The standard InChI is InChI=1S/C10H11FN4O/c1-7-14-10(15-16-7)3-5-12-8-2-4-13-9(11)6-8/h2,4,6H,3,5H2,1H3,(H,12,13). The molecule has 0 bridgehead atoms. The number of hydrogen-bond acceptors (Lipinski definition) is 5. The molecule has 5 nitrogen and oxygen atoms in total. The van der Waals surface area contributed by atoms with Crippen molar-refractivity contribution in [3.8, 4) is 0 Å². The fraction of sp³-hybridized carbons (Fsp3) is 0.300. The molecule has 0 aromatic carbocycles. The Morgan fingerprint density at radius 2 is 2.38 bits per heavy atom. The van der Waals surface area contributed by atoms with Crippen LogP contribution in [-0.4, -0.2) is 21.7 Å². The Labute approximate surface area is 91.7 Å². The third-order valence-corrected chi connectivity index (χ3v) is 1.97. The molecule has 0 saturated carbocycles. The van der Waals surface area contributed by atoms with Gasteiger partial charge < -0.3 is 9.84 Å². The van der Waals surface area contributed by atoms with E-state index < -0.39 is 5.95 Å². The molecule has 2 aromatic rings. The second-order valence-electron chi connectivity index (χ2n) is 3.27. The van der Waals surface area contributed by atoms with E-state index in [1.165, 1.54) is 12.3 Å². The summed E-state index contributed by atoms with van der Waals surface area (Å²) in [6.07, 6.45) is 2.04. The zero-order valence-electron chi connectivity index (χ0n) is 8.77. The van der Waals surface area contributed by atoms with Crippen molar-refractivity contribution in [3.63, 3.8) is 0 Å². The largest absolute Gasteiger partial charge is 0.384 e. The van der Waals surface area contributed by atoms with Crippen molar-refractivity contribution in [1.82, 2.24) is 15.1 Å². The van der Waals surface area contributed by atoms with Gasteiger partial charge in [-0.2, -0.15) is 9.37 Å². The number of rotatable bonds is 4. The van der Waals surface area contributed by atoms with Crippen molar-refractivity contribution in [2.75, 3.05) is 11.9 Å². The highest BCUT2D eigenvalue weighted by Gasteiger charge is 2.01. The molecule has 2 aromatic heterocycles. The van der Waals surface area contributed by atoms with E-state index in [2.05, 4.69) is 20.4 Å². The first-order valence-corrected chi connectivity index (χ1v) is 4.88. The summed E-state index contributed by atoms with van der Waals surface area (Å²) in [5.41, 5.74) is 0.688. The molecule has 2 rings (SSSR count). The highest BCUT2D eigenvalue weighted by molar-refractivity contribution is 5.41. The SMILES string of the molecule is Cc1nc(CCNc2ccnc(F)c2)no1. The maximum Gasteiger partial charge on any atom is 0.223 e. The Balaban J connectivity index is 1.84. The number of pyridine rings is 1. The first-order valence-electron chi connectivity index (χ1n) is 4.88. The summed E-state index contributed by atoms with van der Waals surface area (Å²) in [5, 5.41) is 6.79. The van der Waals surface area contributed by atoms with E-state index in [0.29, 0.717) is 30.4 Å². The molecule has 0 amide bonds. The Kier molecular flexibility index (Phi) is 3.09. The maximum atomic E-state index is 12.7. The van der Waals surface area contributed by atoms with Crippen LogP contribution in [0, 0.1) is 12.9 Å². The van der Waals surface area contributed by atoms with Gasteiger partial charge >= 0.3 is 0 Å². The third kappa shape index (κ3) is 2.75. The van der Waals surface area contributed by atoms with E-state index in [0.717, 1.165) is 0 Å². The average molecular weight is 222 g/mol. The summed E-state index contributed by atoms with van der Waals surface area (Å²) in [5.74, 6) is 0.685. The second kappa shape index (κ2) is 4.69. The molecule has 0 spiro atoms. The van der Waals surface area contributed by atoms with E-state index in [1.54, 1.807) is 13.0 Å². The van der Waals surface area contributed by atoms with Crippen molar-refractivity contribution in [2.45, 2.75) is 13.3 Å². The minimum absolute atomic E-state index is 0.500. The number of halogens is 1. The predicted molar refractivity (Wildman–Crippen MR) is 55.4 cm³/mol. The molecule has 0 aliphatic heterocycles. The number of nitrogens with zero attached hydrogens (tertiary/aromatic N) is 3. The van der Waals surface area contributed by atoms with Crippen LogP contribution in [-0.2, 0) is 6.42 Å². The molecule has 0 atom stereocenters. The summed E-state index contributed by atoms with van der Waals surface area (Å²) < 4.78 is 17.6. The van der Waals surface area contributed by atoms with Gasteiger partial charge in [-0.3, -0.25) is 0 Å². The number of aryl methyl sites for hydroxylation is 1. The number of anilines is 1. The first kappa shape index (κ1) is 10.5. The van der Waals surface area contributed by atoms with Gasteiger partial charge in [0, 0.05) is 37.8 Å². The molecule has 0 unspecified atom stereocenters. The zero-order chi connectivity index (χ0) is 11.4. The van der Waals surface area contributed by atoms with Crippen molar-refractivity contribution in [1.29, 1.82) is 0 Å². The number of nitrogens with one attached hydrogen (secondary N) is 1. The molecule has 0 aliphatic rings. The normalized spacial score (nSPS) is 10.4. The van der Waals surface area contributed by atoms with Gasteiger partial charge in [0.25, 0.3) is 0 Å². The van der Waals surface area contributed by atoms with Crippen molar-refractivity contribution in [3.05, 3.63) is 36.0 Å². The van der Waals surface area contributed by atoms with E-state index >= 15 is 0 Å². The number of aromatic nitrogens is 3. The van der Waals surface area contributed by atoms with Gasteiger partial charge in [0.15, 0.2) is 5.82 Å². The monoisotopic (exact) mass is 222 g/mol. The Bertz CT molecular complexity index is 471. The van der Waals surface area contributed by atoms with Crippen molar-refractivity contribution >= 4 is 5.69 Å². The summed E-state index contributed by atoms with van der Waals surface area (Å²) in [6, 6.07) is 3.03. The van der Waals surface area contributed by atoms with Gasteiger partial charge in [0.1, 0.15) is 0 Å². The molecular formula is C10H11FN4O. The summed E-state index contributed by atoms with van der Waals surface area (Å²) in [4.78, 5) is 7.52. The molecule has 84 valence electrons. The van der Waals surface area contributed by atoms with Crippen LogP contribution < -0.4 is 5.32 Å². The minimum Gasteiger partial charge on any atom is -0.384 e. The van der Waals surface area contributed by atoms with Gasteiger partial charge in [-0.1, -0.05) is 5.16 Å². The lowest BCUT2D eigenvalue weighted by molar-refractivity contribution is 0.387. The fourth-order valence-electron chi connectivity index (χ4n) is 1.27. The molecule has 0 radical (unpaired) electrons. The molecule has 1 N–H and O–H groups in total. The smallest absolute Gasteiger partial charge is 0.223 e. The van der Waals surface area contributed by atoms with Gasteiger partial charge in [0.05, 0.1) is 0 Å². The summed E-state index contributed by atoms with van der Waals surface area (Å²) in [7, 11) is 0. The minimum atomic E-state index is -0.500. The average Bonchev–Trinajstić information content (AvgIpc) is 2.64. The van der Waals surface area contributed by atoms with Crippen LogP contribution in [0.5, 0.6) is 0 Å². The Hall–Kier alpha value is -1.98. The van der Waals surface area contributed by atoms with Crippen molar-refractivity contribution < 1.29 is 8.91 Å². The van der Waals surface area contributed by atoms with E-state index in [1.807, 2.05) is 0 Å². The van der Waals surface area contributed by atoms with Crippen LogP contribution in [0.25, 0.3) is 0 Å². The number of hydrogen-bond donors (Lipinski definition) is 1. The van der Waals surface area contributed by atoms with Gasteiger partial charge in [-0.05, 0) is 6.07 Å². The molecular weight excluding hydrogens is 211 g/mol. The van der Waals surface area contributed by atoms with Crippen LogP contribution in [0.15, 0.2) is 22.9 Å². The molecule has 6 heteroatoms. The highest BCUT2D eigenvalue weighted by Crippen LogP contribution is 2.06. The van der Waals surface area contributed by atoms with Crippen LogP contribution in [0.4, 0.5) is 10.1 Å². The molecule has 0 saturated heterocycles. The van der Waals surface area contributed by atoms with E-state index in [-0.39, 0.29) is 0 Å². The van der Waals surface area contributed by atoms with E-state index in [4.69, 9.17) is 4.52 Å². The first-order chi connectivity index (χ1) is 7.74. The highest BCUT2D eigenvalue weighted by atomic mass is 19.1. The lowest BCUT2D eigenvalue weighted by Gasteiger charge is -2.03. The quantitative estimate of drug-likeness (QED) is 0.795. The van der Waals surface area contributed by atoms with Gasteiger partial charge in [0.2, 0.25) is 11.8 Å². The molecule has 2 heterocycles. The molecule has 0 aliphatic carbocycles. The predicted octanol–water partition coefficient (Wildman–Crippen LogP) is 1.57. The summed E-state index contributed by atoms with van der Waals surface area (Å²) in [6.45, 7) is 2.35. The third-order valence-electron chi connectivity index (χ3n) is 1.97. The zero-order valence-corrected chi connectivity index (χ0v) is 8.77. The van der Waals surface area contributed by atoms with Crippen LogP contribution in [0.2, 0.25) is 0 Å². The van der Waals surface area contributed by atoms with Crippen LogP contribution in [0.3, 0.4) is 0 Å². The van der Waals surface area contributed by atoms with Gasteiger partial charge in [-0.15, -0.1) is 0 Å². The topological polar surface area (TPSA) is 63.8 Å². The fourth-order valence-corrected chi connectivity index (χ4v) is 1.27. The van der Waals surface area contributed by atoms with Crippen LogP contribution >= 0.6 is 0 Å². The van der Waals surface area contributed by atoms with Gasteiger partial charge in [-0.25, -0.2) is 4.98 Å². The maximum absolute atomic E-state index is 12.7. The second-order valence-corrected chi connectivity index (χ2v) is 3.27. The van der Waals surface area contributed by atoms with Crippen molar-refractivity contribution in [2.24, 2.45) is 0 Å². The molecule has 0 fully saturated rings. The lowest BCUT2D eigenvalue weighted by atomic mass is 10.3. The lowest BCUT2D eigenvalue weighted by Crippen LogP contribution is -2.06.